The molecule has 0 aromatic carbocycles. The van der Waals surface area contributed by atoms with Gasteiger partial charge in [0.1, 0.15) is 22.8 Å². The number of nitrogens with one attached hydrogen (secondary N) is 2. The Morgan fingerprint density at radius 3 is 1.12 bits per heavy atom. The van der Waals surface area contributed by atoms with E-state index in [4.69, 9.17) is 14.2 Å². The van der Waals surface area contributed by atoms with Gasteiger partial charge in [-0.05, 0) is 76.2 Å². The predicted octanol–water partition coefficient (Wildman–Crippen LogP) is 3.25. The Bertz CT molecular complexity index is 925. The maximum atomic E-state index is 13.5. The van der Waals surface area contributed by atoms with Crippen LogP contribution in [0.3, 0.4) is 0 Å². The van der Waals surface area contributed by atoms with Crippen molar-refractivity contribution in [3.05, 3.63) is 0 Å². The summed E-state index contributed by atoms with van der Waals surface area (Å²) >= 11 is 0. The molecule has 1 fully saturated rings. The molecule has 14 nitrogen and oxygen atoms in total. The van der Waals surface area contributed by atoms with E-state index in [0.717, 1.165) is 0 Å². The van der Waals surface area contributed by atoms with Crippen LogP contribution in [0.2, 0.25) is 0 Å². The number of rotatable bonds is 3. The molecule has 0 aliphatic carbocycles. The molecule has 1 saturated heterocycles. The van der Waals surface area contributed by atoms with Crippen LogP contribution in [0.15, 0.2) is 0 Å². The first kappa shape index (κ1) is 37.6. The fourth-order valence-electron chi connectivity index (χ4n) is 3.90. The fraction of sp³-hybridized carbons (Fsp3) is 0.828. The molecule has 0 aromatic rings. The van der Waals surface area contributed by atoms with Crippen LogP contribution in [0.25, 0.3) is 0 Å². The summed E-state index contributed by atoms with van der Waals surface area (Å²) in [6, 6.07) is -1.35. The number of ether oxygens (including phenoxy) is 3. The standard InChI is InChI=1S/C29H54N6O8/c1-12-30-23(37)31-21(2)22(36)32-13-15-33(24(38)41-27(3,4)5)17-19-35(26(40)43-29(9,10)11)20-18-34(16-14-32)25(39)42-28(6,7)8/h21H,12-20H2,1-11H3,(H2,30,31,37). The first-order valence-electron chi connectivity index (χ1n) is 14.9. The van der Waals surface area contributed by atoms with E-state index >= 15 is 0 Å². The Hall–Kier alpha value is -3.45. The second-order valence-corrected chi connectivity index (χ2v) is 13.5. The smallest absolute Gasteiger partial charge is 0.410 e. The molecule has 1 unspecified atom stereocenters. The largest absolute Gasteiger partial charge is 0.444 e. The molecular weight excluding hydrogens is 560 g/mol. The van der Waals surface area contributed by atoms with Gasteiger partial charge in [-0.15, -0.1) is 0 Å². The van der Waals surface area contributed by atoms with Gasteiger partial charge in [-0.3, -0.25) is 4.79 Å². The second kappa shape index (κ2) is 15.9. The summed E-state index contributed by atoms with van der Waals surface area (Å²) in [4.78, 5) is 70.9. The van der Waals surface area contributed by atoms with Crippen molar-refractivity contribution in [2.75, 3.05) is 58.9 Å². The van der Waals surface area contributed by atoms with Crippen molar-refractivity contribution in [2.24, 2.45) is 0 Å². The van der Waals surface area contributed by atoms with Gasteiger partial charge in [0.25, 0.3) is 0 Å². The van der Waals surface area contributed by atoms with Gasteiger partial charge in [0.05, 0.1) is 0 Å². The van der Waals surface area contributed by atoms with Crippen LogP contribution < -0.4 is 10.6 Å². The molecule has 1 aliphatic rings. The SMILES string of the molecule is CCNC(=O)NC(C)C(=O)N1CCN(C(=O)OC(C)(C)C)CCN(C(=O)OC(C)(C)C)CCN(C(=O)OC(C)(C)C)CC1. The third-order valence-corrected chi connectivity index (χ3v) is 5.88. The number of carbonyl (C=O) groups is 5. The normalized spacial score (nSPS) is 16.7. The van der Waals surface area contributed by atoms with E-state index in [1.807, 2.05) is 0 Å². The van der Waals surface area contributed by atoms with Gasteiger partial charge < -0.3 is 44.4 Å². The minimum atomic E-state index is -0.868. The lowest BCUT2D eigenvalue weighted by Gasteiger charge is -2.36. The third-order valence-electron chi connectivity index (χ3n) is 5.88. The van der Waals surface area contributed by atoms with Gasteiger partial charge in [-0.1, -0.05) is 0 Å². The highest BCUT2D eigenvalue weighted by molar-refractivity contribution is 5.86. The van der Waals surface area contributed by atoms with Gasteiger partial charge in [-0.25, -0.2) is 19.2 Å². The van der Waals surface area contributed by atoms with Crippen LogP contribution in [0.5, 0.6) is 0 Å². The number of hydrogen-bond donors (Lipinski definition) is 2. The fourth-order valence-corrected chi connectivity index (χ4v) is 3.90. The first-order chi connectivity index (χ1) is 19.6. The minimum absolute atomic E-state index is 0.0864. The van der Waals surface area contributed by atoms with Crippen molar-refractivity contribution >= 4 is 30.2 Å². The topological polar surface area (TPSA) is 150 Å². The van der Waals surface area contributed by atoms with Crippen LogP contribution in [0.4, 0.5) is 19.2 Å². The van der Waals surface area contributed by atoms with Gasteiger partial charge in [0.2, 0.25) is 5.91 Å². The van der Waals surface area contributed by atoms with Crippen molar-refractivity contribution < 1.29 is 38.2 Å². The maximum absolute atomic E-state index is 13.5. The van der Waals surface area contributed by atoms with Crippen LogP contribution in [-0.2, 0) is 19.0 Å². The molecule has 2 N–H and O–H groups in total. The summed E-state index contributed by atoms with van der Waals surface area (Å²) in [6.45, 7) is 20.3. The van der Waals surface area contributed by atoms with Gasteiger partial charge in [-0.2, -0.15) is 0 Å². The zero-order valence-corrected chi connectivity index (χ0v) is 28.0. The molecule has 1 rings (SSSR count). The highest BCUT2D eigenvalue weighted by Gasteiger charge is 2.31. The summed E-state index contributed by atoms with van der Waals surface area (Å²) in [5, 5.41) is 5.22. The Morgan fingerprint density at radius 2 is 0.860 bits per heavy atom. The molecule has 248 valence electrons. The Kier molecular flexibility index (Phi) is 13.9. The third kappa shape index (κ3) is 15.0. The molecule has 0 radical (unpaired) electrons. The molecule has 1 aliphatic heterocycles. The summed E-state index contributed by atoms with van der Waals surface area (Å²) < 4.78 is 16.8. The summed E-state index contributed by atoms with van der Waals surface area (Å²) in [5.41, 5.74) is -2.28. The number of urea groups is 1. The van der Waals surface area contributed by atoms with Crippen LogP contribution in [0, 0.1) is 0 Å². The average molecular weight is 615 g/mol. The number of nitrogens with zero attached hydrogens (tertiary/aromatic N) is 4. The van der Waals surface area contributed by atoms with E-state index in [0.29, 0.717) is 6.54 Å². The van der Waals surface area contributed by atoms with E-state index in [-0.39, 0.29) is 58.3 Å². The lowest BCUT2D eigenvalue weighted by molar-refractivity contribution is -0.133. The van der Waals surface area contributed by atoms with E-state index in [1.165, 1.54) is 19.6 Å². The molecule has 1 heterocycles. The van der Waals surface area contributed by atoms with E-state index in [9.17, 15) is 24.0 Å². The zero-order chi connectivity index (χ0) is 33.2. The number of amides is 6. The van der Waals surface area contributed by atoms with Crippen LogP contribution in [-0.4, -0.2) is 132 Å². The summed E-state index contributed by atoms with van der Waals surface area (Å²) in [7, 11) is 0. The summed E-state index contributed by atoms with van der Waals surface area (Å²) in [5.74, 6) is -0.382. The number of hydrogen-bond acceptors (Lipinski definition) is 8. The lowest BCUT2D eigenvalue weighted by atomic mass is 10.2. The van der Waals surface area contributed by atoms with E-state index in [1.54, 1.807) is 76.2 Å². The highest BCUT2D eigenvalue weighted by Crippen LogP contribution is 2.15. The van der Waals surface area contributed by atoms with Crippen LogP contribution >= 0.6 is 0 Å². The Balaban J connectivity index is 3.39. The zero-order valence-electron chi connectivity index (χ0n) is 28.0. The van der Waals surface area contributed by atoms with Crippen molar-refractivity contribution in [1.82, 2.24) is 30.2 Å². The molecule has 14 heteroatoms. The van der Waals surface area contributed by atoms with Crippen molar-refractivity contribution in [3.8, 4) is 0 Å². The monoisotopic (exact) mass is 614 g/mol. The average Bonchev–Trinajstić information content (AvgIpc) is 2.80. The van der Waals surface area contributed by atoms with Gasteiger partial charge in [0.15, 0.2) is 0 Å². The van der Waals surface area contributed by atoms with Crippen molar-refractivity contribution in [1.29, 1.82) is 0 Å². The molecule has 0 saturated carbocycles. The first-order valence-corrected chi connectivity index (χ1v) is 14.9. The molecular formula is C29H54N6O8. The number of carbonyl (C=O) groups excluding carboxylic acids is 5. The van der Waals surface area contributed by atoms with Crippen molar-refractivity contribution in [3.63, 3.8) is 0 Å². The summed E-state index contributed by atoms with van der Waals surface area (Å²) in [6.07, 6.45) is -1.77. The highest BCUT2D eigenvalue weighted by atomic mass is 16.6. The molecule has 43 heavy (non-hydrogen) atoms. The Labute approximate surface area is 256 Å². The van der Waals surface area contributed by atoms with E-state index < -0.39 is 47.2 Å². The predicted molar refractivity (Wildman–Crippen MR) is 162 cm³/mol. The minimum Gasteiger partial charge on any atom is -0.444 e. The van der Waals surface area contributed by atoms with Gasteiger partial charge in [0, 0.05) is 58.9 Å². The van der Waals surface area contributed by atoms with E-state index in [2.05, 4.69) is 10.6 Å². The molecule has 0 bridgehead atoms. The van der Waals surface area contributed by atoms with Gasteiger partial charge >= 0.3 is 24.3 Å². The maximum Gasteiger partial charge on any atom is 0.410 e. The molecule has 1 atom stereocenters. The lowest BCUT2D eigenvalue weighted by Crippen LogP contribution is -2.55. The Morgan fingerprint density at radius 1 is 0.581 bits per heavy atom. The quantitative estimate of drug-likeness (QED) is 0.460. The van der Waals surface area contributed by atoms with Crippen LogP contribution in [0.1, 0.15) is 76.2 Å². The molecule has 0 aromatic heterocycles. The molecule has 0 spiro atoms. The molecule has 6 amide bonds. The van der Waals surface area contributed by atoms with Crippen molar-refractivity contribution in [2.45, 2.75) is 99.0 Å². The second-order valence-electron chi connectivity index (χ2n) is 13.5.